The molecule has 0 aliphatic carbocycles. The fourth-order valence-electron chi connectivity index (χ4n) is 2.90. The van der Waals surface area contributed by atoms with Gasteiger partial charge in [0.05, 0.1) is 24.9 Å². The maximum Gasteiger partial charge on any atom is 0.191 e. The molecule has 7 heteroatoms. The molecule has 2 aromatic rings. The summed E-state index contributed by atoms with van der Waals surface area (Å²) in [5.74, 6) is 1.73. The van der Waals surface area contributed by atoms with E-state index >= 15 is 0 Å². The third-order valence-electron chi connectivity index (χ3n) is 4.38. The van der Waals surface area contributed by atoms with Gasteiger partial charge in [-0.1, -0.05) is 43.3 Å². The molecule has 0 amide bonds. The van der Waals surface area contributed by atoms with Gasteiger partial charge in [0, 0.05) is 25.1 Å². The van der Waals surface area contributed by atoms with Crippen molar-refractivity contribution in [1.82, 2.24) is 15.8 Å². The first-order valence-electron chi connectivity index (χ1n) is 10.2. The molecule has 0 spiro atoms. The van der Waals surface area contributed by atoms with Gasteiger partial charge in [-0.15, -0.1) is 24.0 Å². The Morgan fingerprint density at radius 2 is 1.90 bits per heavy atom. The van der Waals surface area contributed by atoms with Crippen LogP contribution in [0.4, 0.5) is 0 Å². The van der Waals surface area contributed by atoms with Crippen molar-refractivity contribution in [1.29, 1.82) is 0 Å². The minimum atomic E-state index is 0. The molecule has 2 rings (SSSR count). The molecular weight excluding hydrogens is 479 g/mol. The van der Waals surface area contributed by atoms with E-state index < -0.39 is 0 Å². The molecule has 0 saturated carbocycles. The Morgan fingerprint density at radius 3 is 2.55 bits per heavy atom. The van der Waals surface area contributed by atoms with Crippen LogP contribution < -0.4 is 10.6 Å². The van der Waals surface area contributed by atoms with Crippen LogP contribution in [0, 0.1) is 0 Å². The van der Waals surface area contributed by atoms with Gasteiger partial charge in [0.1, 0.15) is 5.76 Å². The molecule has 6 nitrogen and oxygen atoms in total. The fourth-order valence-corrected chi connectivity index (χ4v) is 2.90. The van der Waals surface area contributed by atoms with E-state index in [4.69, 9.17) is 14.3 Å². The van der Waals surface area contributed by atoms with Crippen LogP contribution in [0.3, 0.4) is 0 Å². The predicted octanol–water partition coefficient (Wildman–Crippen LogP) is 4.60. The molecule has 0 saturated heterocycles. The van der Waals surface area contributed by atoms with Gasteiger partial charge < -0.3 is 19.9 Å². The highest BCUT2D eigenvalue weighted by molar-refractivity contribution is 14.0. The summed E-state index contributed by atoms with van der Waals surface area (Å²) in [4.78, 5) is 4.73. The van der Waals surface area contributed by atoms with E-state index in [0.29, 0.717) is 19.7 Å². The summed E-state index contributed by atoms with van der Waals surface area (Å²) < 4.78 is 11.1. The molecule has 0 bridgehead atoms. The highest BCUT2D eigenvalue weighted by Crippen LogP contribution is 2.15. The van der Waals surface area contributed by atoms with E-state index in [2.05, 4.69) is 60.8 Å². The molecule has 2 N–H and O–H groups in total. The molecule has 1 aromatic heterocycles. The summed E-state index contributed by atoms with van der Waals surface area (Å²) in [5, 5.41) is 10.9. The number of aromatic nitrogens is 1. The summed E-state index contributed by atoms with van der Waals surface area (Å²) in [6.07, 6.45) is 1.92. The number of aliphatic imine (C=N–C) groups is 1. The minimum Gasteiger partial charge on any atom is -0.374 e. The Morgan fingerprint density at radius 1 is 1.14 bits per heavy atom. The van der Waals surface area contributed by atoms with Crippen molar-refractivity contribution in [3.63, 3.8) is 0 Å². The SMILES string of the molecule is CCNC(=NCc1cccc(COC(C)C)c1)NCc1c(CC)noc1CC.I. The molecule has 0 unspecified atom stereocenters. The van der Waals surface area contributed by atoms with Crippen molar-refractivity contribution in [2.24, 2.45) is 4.99 Å². The fraction of sp³-hybridized carbons (Fsp3) is 0.545. The second kappa shape index (κ2) is 13.6. The van der Waals surface area contributed by atoms with Crippen molar-refractivity contribution in [2.45, 2.75) is 73.3 Å². The first-order chi connectivity index (χ1) is 13.6. The molecule has 0 radical (unpaired) electrons. The molecule has 29 heavy (non-hydrogen) atoms. The average Bonchev–Trinajstić information content (AvgIpc) is 3.10. The summed E-state index contributed by atoms with van der Waals surface area (Å²) in [6, 6.07) is 8.39. The van der Waals surface area contributed by atoms with Gasteiger partial charge in [0.15, 0.2) is 5.96 Å². The van der Waals surface area contributed by atoms with Gasteiger partial charge in [-0.25, -0.2) is 4.99 Å². The second-order valence-electron chi connectivity index (χ2n) is 6.97. The number of hydrogen-bond acceptors (Lipinski definition) is 4. The number of nitrogens with zero attached hydrogens (tertiary/aromatic N) is 2. The largest absolute Gasteiger partial charge is 0.374 e. The lowest BCUT2D eigenvalue weighted by molar-refractivity contribution is 0.0657. The molecular formula is C22H35IN4O2. The minimum absolute atomic E-state index is 0. The predicted molar refractivity (Wildman–Crippen MR) is 129 cm³/mol. The summed E-state index contributed by atoms with van der Waals surface area (Å²) in [5.41, 5.74) is 4.49. The van der Waals surface area contributed by atoms with E-state index in [1.807, 2.05) is 13.8 Å². The lowest BCUT2D eigenvalue weighted by atomic mass is 10.1. The standard InChI is InChI=1S/C22H34N4O2.HI/c1-6-20-19(21(7-2)28-26-20)14-25-22(23-8-3)24-13-17-10-9-11-18(12-17)15-27-16(4)5;/h9-12,16H,6-8,13-15H2,1-5H3,(H2,23,24,25);1H. The molecule has 162 valence electrons. The van der Waals surface area contributed by atoms with Crippen LogP contribution in [0.25, 0.3) is 0 Å². The monoisotopic (exact) mass is 514 g/mol. The maximum atomic E-state index is 5.70. The van der Waals surface area contributed by atoms with Crippen LogP contribution in [-0.2, 0) is 37.3 Å². The normalized spacial score (nSPS) is 11.4. The molecule has 1 aromatic carbocycles. The topological polar surface area (TPSA) is 71.7 Å². The lowest BCUT2D eigenvalue weighted by Gasteiger charge is -2.12. The average molecular weight is 514 g/mol. The molecule has 0 atom stereocenters. The van der Waals surface area contributed by atoms with Crippen molar-refractivity contribution in [3.8, 4) is 0 Å². The number of guanidine groups is 1. The number of halogens is 1. The van der Waals surface area contributed by atoms with Gasteiger partial charge in [-0.05, 0) is 38.3 Å². The maximum absolute atomic E-state index is 5.70. The van der Waals surface area contributed by atoms with Crippen LogP contribution in [0.5, 0.6) is 0 Å². The number of ether oxygens (including phenoxy) is 1. The number of hydrogen-bond donors (Lipinski definition) is 2. The van der Waals surface area contributed by atoms with Gasteiger partial charge in [-0.3, -0.25) is 0 Å². The highest BCUT2D eigenvalue weighted by Gasteiger charge is 2.13. The quantitative estimate of drug-likeness (QED) is 0.276. The highest BCUT2D eigenvalue weighted by atomic mass is 127. The second-order valence-corrected chi connectivity index (χ2v) is 6.97. The van der Waals surface area contributed by atoms with Crippen molar-refractivity contribution < 1.29 is 9.26 Å². The number of benzene rings is 1. The van der Waals surface area contributed by atoms with Gasteiger partial charge in [-0.2, -0.15) is 0 Å². The van der Waals surface area contributed by atoms with Crippen LogP contribution in [0.15, 0.2) is 33.8 Å². The third kappa shape index (κ3) is 8.34. The molecule has 0 fully saturated rings. The molecule has 0 aliphatic rings. The van der Waals surface area contributed by atoms with E-state index in [9.17, 15) is 0 Å². The smallest absolute Gasteiger partial charge is 0.191 e. The van der Waals surface area contributed by atoms with Crippen LogP contribution in [-0.4, -0.2) is 23.8 Å². The van der Waals surface area contributed by atoms with Crippen molar-refractivity contribution in [3.05, 3.63) is 52.4 Å². The Balaban J connectivity index is 0.00000420. The lowest BCUT2D eigenvalue weighted by Crippen LogP contribution is -2.37. The van der Waals surface area contributed by atoms with Gasteiger partial charge in [0.2, 0.25) is 0 Å². The van der Waals surface area contributed by atoms with Crippen LogP contribution >= 0.6 is 24.0 Å². The van der Waals surface area contributed by atoms with E-state index in [-0.39, 0.29) is 30.1 Å². The zero-order valence-electron chi connectivity index (χ0n) is 18.2. The number of rotatable bonds is 10. The molecule has 0 aliphatic heterocycles. The Hall–Kier alpha value is -1.61. The summed E-state index contributed by atoms with van der Waals surface area (Å²) >= 11 is 0. The zero-order valence-corrected chi connectivity index (χ0v) is 20.6. The molecule has 1 heterocycles. The first-order valence-corrected chi connectivity index (χ1v) is 10.2. The van der Waals surface area contributed by atoms with Crippen molar-refractivity contribution >= 4 is 29.9 Å². The Bertz CT molecular complexity index is 738. The van der Waals surface area contributed by atoms with E-state index in [1.165, 1.54) is 5.56 Å². The first kappa shape index (κ1) is 25.4. The third-order valence-corrected chi connectivity index (χ3v) is 4.38. The van der Waals surface area contributed by atoms with Crippen LogP contribution in [0.2, 0.25) is 0 Å². The van der Waals surface area contributed by atoms with Crippen LogP contribution in [0.1, 0.15) is 62.8 Å². The Labute approximate surface area is 191 Å². The summed E-state index contributed by atoms with van der Waals surface area (Å²) in [6.45, 7) is 13.0. The number of aryl methyl sites for hydroxylation is 2. The van der Waals surface area contributed by atoms with Crippen molar-refractivity contribution in [2.75, 3.05) is 6.54 Å². The van der Waals surface area contributed by atoms with Gasteiger partial charge in [0.25, 0.3) is 0 Å². The van der Waals surface area contributed by atoms with Gasteiger partial charge >= 0.3 is 0 Å². The van der Waals surface area contributed by atoms with E-state index in [0.717, 1.165) is 47.9 Å². The number of nitrogens with one attached hydrogen (secondary N) is 2. The summed E-state index contributed by atoms with van der Waals surface area (Å²) in [7, 11) is 0. The Kier molecular flexibility index (Phi) is 11.9. The van der Waals surface area contributed by atoms with E-state index in [1.54, 1.807) is 0 Å². The zero-order chi connectivity index (χ0) is 20.4.